The highest BCUT2D eigenvalue weighted by molar-refractivity contribution is 5.80. The monoisotopic (exact) mass is 446 g/mol. The predicted molar refractivity (Wildman–Crippen MR) is 98.9 cm³/mol. The second-order valence-electron chi connectivity index (χ2n) is 6.75. The summed E-state index contributed by atoms with van der Waals surface area (Å²) in [7, 11) is 0. The first-order valence-electron chi connectivity index (χ1n) is 8.82. The first-order chi connectivity index (χ1) is 14.3. The number of amides is 1. The quantitative estimate of drug-likeness (QED) is 0.477. The molecule has 1 heterocycles. The van der Waals surface area contributed by atoms with Crippen molar-refractivity contribution < 1.29 is 35.9 Å². The maximum Gasteiger partial charge on any atom is 0.573 e. The van der Waals surface area contributed by atoms with E-state index in [4.69, 9.17) is 5.73 Å². The number of aromatic amines is 1. The Balaban J connectivity index is 1.95. The second kappa shape index (κ2) is 8.00. The topological polar surface area (TPSA) is 93.0 Å². The van der Waals surface area contributed by atoms with Crippen LogP contribution in [-0.2, 0) is 11.0 Å². The van der Waals surface area contributed by atoms with E-state index < -0.39 is 41.7 Å². The molecule has 6 nitrogen and oxygen atoms in total. The molecule has 4 N–H and O–H groups in total. The summed E-state index contributed by atoms with van der Waals surface area (Å²) in [5.41, 5.74) is 5.02. The molecule has 1 amide bonds. The zero-order valence-corrected chi connectivity index (χ0v) is 15.8. The fraction of sp³-hybridized carbons (Fsp3) is 0.263. The van der Waals surface area contributed by atoms with Gasteiger partial charge in [0.2, 0.25) is 11.9 Å². The summed E-state index contributed by atoms with van der Waals surface area (Å²) < 4.78 is 80.3. The molecule has 2 unspecified atom stereocenters. The molecule has 0 bridgehead atoms. The predicted octanol–water partition coefficient (Wildman–Crippen LogP) is 4.75. The Hall–Kier alpha value is -3.44. The summed E-state index contributed by atoms with van der Waals surface area (Å²) in [4.78, 5) is 18.6. The Morgan fingerprint density at radius 2 is 1.84 bits per heavy atom. The van der Waals surface area contributed by atoms with Crippen molar-refractivity contribution in [2.75, 3.05) is 5.32 Å². The fourth-order valence-corrected chi connectivity index (χ4v) is 2.97. The molecule has 0 spiro atoms. The minimum atomic E-state index is -4.87. The first-order valence-corrected chi connectivity index (χ1v) is 8.82. The fourth-order valence-electron chi connectivity index (χ4n) is 2.97. The number of hydrogen-bond donors (Lipinski definition) is 3. The number of H-pyrrole nitrogens is 1. The third-order valence-electron chi connectivity index (χ3n) is 4.50. The van der Waals surface area contributed by atoms with Crippen molar-refractivity contribution in [2.45, 2.75) is 25.5 Å². The SMILES string of the molecule is CC(C(N)=O)C(Nc1nc2ccc(OC(F)(F)F)cc2[nH]1)c1cccc(C(F)(F)F)c1. The molecule has 0 radical (unpaired) electrons. The Morgan fingerprint density at radius 3 is 2.45 bits per heavy atom. The van der Waals surface area contributed by atoms with Gasteiger partial charge in [-0.2, -0.15) is 13.2 Å². The number of nitrogens with two attached hydrogens (primary N) is 1. The molecule has 0 aliphatic heterocycles. The van der Waals surface area contributed by atoms with E-state index in [9.17, 15) is 31.1 Å². The van der Waals surface area contributed by atoms with Crippen molar-refractivity contribution in [3.63, 3.8) is 0 Å². The van der Waals surface area contributed by atoms with E-state index in [1.165, 1.54) is 25.1 Å². The molecule has 166 valence electrons. The van der Waals surface area contributed by atoms with E-state index in [2.05, 4.69) is 20.0 Å². The van der Waals surface area contributed by atoms with Gasteiger partial charge in [0.25, 0.3) is 0 Å². The zero-order valence-electron chi connectivity index (χ0n) is 15.8. The summed E-state index contributed by atoms with van der Waals surface area (Å²) in [6.07, 6.45) is -9.47. The molecule has 0 aliphatic carbocycles. The number of anilines is 1. The number of alkyl halides is 6. The van der Waals surface area contributed by atoms with Gasteiger partial charge >= 0.3 is 12.5 Å². The highest BCUT2D eigenvalue weighted by atomic mass is 19.4. The lowest BCUT2D eigenvalue weighted by Gasteiger charge is -2.24. The summed E-state index contributed by atoms with van der Waals surface area (Å²) in [5, 5.41) is 2.81. The number of fused-ring (bicyclic) bond motifs is 1. The molecule has 0 saturated carbocycles. The summed E-state index contributed by atoms with van der Waals surface area (Å²) in [6.45, 7) is 1.43. The third-order valence-corrected chi connectivity index (χ3v) is 4.50. The van der Waals surface area contributed by atoms with Gasteiger partial charge in [0.05, 0.1) is 28.6 Å². The molecule has 3 aromatic rings. The number of primary amides is 1. The second-order valence-corrected chi connectivity index (χ2v) is 6.75. The van der Waals surface area contributed by atoms with Crippen molar-refractivity contribution in [3.05, 3.63) is 53.6 Å². The maximum absolute atomic E-state index is 13.1. The summed E-state index contributed by atoms with van der Waals surface area (Å²) in [5.74, 6) is -2.17. The van der Waals surface area contributed by atoms with Crippen LogP contribution in [0.3, 0.4) is 0 Å². The van der Waals surface area contributed by atoms with E-state index >= 15 is 0 Å². The van der Waals surface area contributed by atoms with Crippen molar-refractivity contribution in [1.29, 1.82) is 0 Å². The molecular weight excluding hydrogens is 430 g/mol. The molecule has 31 heavy (non-hydrogen) atoms. The van der Waals surface area contributed by atoms with E-state index in [0.717, 1.165) is 24.3 Å². The van der Waals surface area contributed by atoms with Crippen LogP contribution in [0.15, 0.2) is 42.5 Å². The van der Waals surface area contributed by atoms with Gasteiger partial charge in [-0.15, -0.1) is 13.2 Å². The Morgan fingerprint density at radius 1 is 1.13 bits per heavy atom. The lowest BCUT2D eigenvalue weighted by molar-refractivity contribution is -0.274. The lowest BCUT2D eigenvalue weighted by Crippen LogP contribution is -2.31. The molecule has 2 aromatic carbocycles. The number of carbonyl (C=O) groups is 1. The molecule has 12 heteroatoms. The van der Waals surface area contributed by atoms with Gasteiger partial charge in [-0.05, 0) is 29.8 Å². The van der Waals surface area contributed by atoms with Crippen molar-refractivity contribution in [1.82, 2.24) is 9.97 Å². The minimum Gasteiger partial charge on any atom is -0.406 e. The average molecular weight is 446 g/mol. The highest BCUT2D eigenvalue weighted by Gasteiger charge is 2.33. The number of nitrogens with one attached hydrogen (secondary N) is 2. The number of benzene rings is 2. The van der Waals surface area contributed by atoms with Gasteiger partial charge < -0.3 is 20.8 Å². The number of carbonyl (C=O) groups excluding carboxylic acids is 1. The van der Waals surface area contributed by atoms with Gasteiger partial charge in [-0.1, -0.05) is 19.1 Å². The molecular formula is C19H16F6N4O2. The normalized spacial score (nSPS) is 14.3. The van der Waals surface area contributed by atoms with E-state index in [1.807, 2.05) is 0 Å². The summed E-state index contributed by atoms with van der Waals surface area (Å²) in [6, 6.07) is 6.77. The van der Waals surface area contributed by atoms with Crippen LogP contribution < -0.4 is 15.8 Å². The number of nitrogens with zero attached hydrogens (tertiary/aromatic N) is 1. The Labute approximate surface area is 171 Å². The number of imidazole rings is 1. The van der Waals surface area contributed by atoms with Gasteiger partial charge in [0.15, 0.2) is 0 Å². The molecule has 0 saturated heterocycles. The molecule has 1 aromatic heterocycles. The minimum absolute atomic E-state index is 0.0228. The first kappa shape index (κ1) is 22.2. The van der Waals surface area contributed by atoms with Gasteiger partial charge in [-0.3, -0.25) is 4.79 Å². The summed E-state index contributed by atoms with van der Waals surface area (Å²) >= 11 is 0. The maximum atomic E-state index is 13.1. The number of rotatable bonds is 6. The van der Waals surface area contributed by atoms with Gasteiger partial charge in [-0.25, -0.2) is 4.98 Å². The van der Waals surface area contributed by atoms with Gasteiger partial charge in [0, 0.05) is 6.07 Å². The van der Waals surface area contributed by atoms with Crippen LogP contribution in [-0.4, -0.2) is 22.2 Å². The van der Waals surface area contributed by atoms with Crippen LogP contribution in [0.25, 0.3) is 11.0 Å². The standard InChI is InChI=1S/C19H16F6N4O2/c1-9(16(26)30)15(10-3-2-4-11(7-10)18(20,21)22)29-17-27-13-6-5-12(8-14(13)28-17)31-19(23,24)25/h2-9,15H,1H3,(H2,26,30)(H2,27,28,29). The van der Waals surface area contributed by atoms with E-state index in [1.54, 1.807) is 0 Å². The van der Waals surface area contributed by atoms with Crippen molar-refractivity contribution >= 4 is 22.9 Å². The zero-order chi connectivity index (χ0) is 23.0. The van der Waals surface area contributed by atoms with Crippen LogP contribution >= 0.6 is 0 Å². The van der Waals surface area contributed by atoms with Crippen molar-refractivity contribution in [2.24, 2.45) is 11.7 Å². The lowest BCUT2D eigenvalue weighted by atomic mass is 9.93. The van der Waals surface area contributed by atoms with Gasteiger partial charge in [0.1, 0.15) is 5.75 Å². The molecule has 0 aliphatic rings. The number of ether oxygens (including phenoxy) is 1. The molecule has 3 rings (SSSR count). The van der Waals surface area contributed by atoms with Crippen LogP contribution in [0.5, 0.6) is 5.75 Å². The van der Waals surface area contributed by atoms with Crippen LogP contribution in [0.2, 0.25) is 0 Å². The van der Waals surface area contributed by atoms with Crippen molar-refractivity contribution in [3.8, 4) is 5.75 Å². The number of hydrogen-bond acceptors (Lipinski definition) is 4. The van der Waals surface area contributed by atoms with E-state index in [0.29, 0.717) is 0 Å². The average Bonchev–Trinajstić information content (AvgIpc) is 3.05. The number of aromatic nitrogens is 2. The van der Waals surface area contributed by atoms with E-state index in [-0.39, 0.29) is 22.5 Å². The van der Waals surface area contributed by atoms with Crippen LogP contribution in [0, 0.1) is 5.92 Å². The number of halogens is 6. The highest BCUT2D eigenvalue weighted by Crippen LogP contribution is 2.34. The third kappa shape index (κ3) is 5.38. The van der Waals surface area contributed by atoms with Crippen LogP contribution in [0.1, 0.15) is 24.1 Å². The van der Waals surface area contributed by atoms with Crippen LogP contribution in [0.4, 0.5) is 32.3 Å². The largest absolute Gasteiger partial charge is 0.573 e. The smallest absolute Gasteiger partial charge is 0.406 e. The molecule has 0 fully saturated rings. The Bertz CT molecular complexity index is 1090. The Kier molecular flexibility index (Phi) is 5.74. The molecule has 2 atom stereocenters.